The summed E-state index contributed by atoms with van der Waals surface area (Å²) in [5.74, 6) is -0.490. The van der Waals surface area contributed by atoms with Gasteiger partial charge in [0.15, 0.2) is 0 Å². The van der Waals surface area contributed by atoms with E-state index in [1.165, 1.54) is 29.0 Å². The van der Waals surface area contributed by atoms with Gasteiger partial charge in [-0.15, -0.1) is 10.2 Å². The van der Waals surface area contributed by atoms with E-state index in [0.29, 0.717) is 0 Å². The summed E-state index contributed by atoms with van der Waals surface area (Å²) in [5.41, 5.74) is 1.01. The number of nitrogens with one attached hydrogen (secondary N) is 1. The number of hydrogen-bond acceptors (Lipinski definition) is 5. The first kappa shape index (κ1) is 16.2. The van der Waals surface area contributed by atoms with Crippen LogP contribution in [0, 0.1) is 5.82 Å². The van der Waals surface area contributed by atoms with Gasteiger partial charge in [0.05, 0.1) is 4.90 Å². The van der Waals surface area contributed by atoms with E-state index in [0.717, 1.165) is 30.0 Å². The van der Waals surface area contributed by atoms with Crippen molar-refractivity contribution in [2.75, 3.05) is 4.72 Å². The molecule has 0 unspecified atom stereocenters. The molecule has 0 bridgehead atoms. The van der Waals surface area contributed by atoms with Crippen LogP contribution < -0.4 is 4.72 Å². The zero-order chi connectivity index (χ0) is 17.5. The molecule has 0 radical (unpaired) electrons. The van der Waals surface area contributed by atoms with Crippen LogP contribution in [0.2, 0.25) is 0 Å². The Balaban J connectivity index is 1.59. The Labute approximate surface area is 148 Å². The smallest absolute Gasteiger partial charge is 0.253 e. The lowest BCUT2D eigenvalue weighted by molar-refractivity contribution is 0.599. The fourth-order valence-corrected chi connectivity index (χ4v) is 5.00. The van der Waals surface area contributed by atoms with Gasteiger partial charge in [-0.3, -0.25) is 4.72 Å². The molecule has 1 N–H and O–H groups in total. The van der Waals surface area contributed by atoms with Crippen LogP contribution in [0.1, 0.15) is 23.4 Å². The summed E-state index contributed by atoms with van der Waals surface area (Å²) in [6, 6.07) is 14.7. The molecule has 0 amide bonds. The molecule has 0 atom stereocenters. The molecule has 128 valence electrons. The maximum atomic E-state index is 13.0. The second-order valence-corrected chi connectivity index (χ2v) is 8.58. The van der Waals surface area contributed by atoms with Gasteiger partial charge in [-0.1, -0.05) is 41.7 Å². The lowest BCUT2D eigenvalue weighted by atomic mass is 9.97. The third kappa shape index (κ3) is 3.03. The van der Waals surface area contributed by atoms with Crippen molar-refractivity contribution in [3.05, 3.63) is 71.0 Å². The van der Waals surface area contributed by atoms with Crippen molar-refractivity contribution in [2.24, 2.45) is 0 Å². The Morgan fingerprint density at radius 1 is 1.00 bits per heavy atom. The third-order valence-electron chi connectivity index (χ3n) is 4.26. The predicted octanol–water partition coefficient (Wildman–Crippen LogP) is 3.56. The molecule has 1 heterocycles. The van der Waals surface area contributed by atoms with Gasteiger partial charge in [0.1, 0.15) is 10.8 Å². The zero-order valence-corrected chi connectivity index (χ0v) is 14.6. The van der Waals surface area contributed by atoms with Crippen LogP contribution in [0.15, 0.2) is 59.5 Å². The Bertz CT molecular complexity index is 998. The number of benzene rings is 2. The molecule has 5 nitrogen and oxygen atoms in total. The summed E-state index contributed by atoms with van der Waals surface area (Å²) in [5, 5.41) is 9.19. The van der Waals surface area contributed by atoms with Crippen LogP contribution in [0.3, 0.4) is 0 Å². The minimum atomic E-state index is -3.82. The average molecular weight is 375 g/mol. The van der Waals surface area contributed by atoms with Gasteiger partial charge >= 0.3 is 0 Å². The molecule has 0 saturated heterocycles. The molecule has 25 heavy (non-hydrogen) atoms. The van der Waals surface area contributed by atoms with Crippen molar-refractivity contribution < 1.29 is 12.8 Å². The number of anilines is 1. The van der Waals surface area contributed by atoms with Crippen LogP contribution in [0.25, 0.3) is 0 Å². The number of halogens is 1. The van der Waals surface area contributed by atoms with Gasteiger partial charge in [-0.05, 0) is 42.7 Å². The van der Waals surface area contributed by atoms with Gasteiger partial charge < -0.3 is 0 Å². The molecule has 2 aromatic carbocycles. The molecule has 1 fully saturated rings. The maximum Gasteiger partial charge on any atom is 0.263 e. The minimum Gasteiger partial charge on any atom is -0.253 e. The molecule has 1 aliphatic rings. The summed E-state index contributed by atoms with van der Waals surface area (Å²) >= 11 is 1.24. The zero-order valence-electron chi connectivity index (χ0n) is 13.0. The maximum absolute atomic E-state index is 13.0. The Kier molecular flexibility index (Phi) is 3.81. The van der Waals surface area contributed by atoms with Crippen molar-refractivity contribution in [1.29, 1.82) is 0 Å². The van der Waals surface area contributed by atoms with Crippen LogP contribution in [0.4, 0.5) is 9.52 Å². The van der Waals surface area contributed by atoms with Crippen molar-refractivity contribution in [3.8, 4) is 0 Å². The van der Waals surface area contributed by atoms with Crippen LogP contribution in [-0.2, 0) is 15.4 Å². The van der Waals surface area contributed by atoms with Crippen molar-refractivity contribution in [3.63, 3.8) is 0 Å². The van der Waals surface area contributed by atoms with Crippen molar-refractivity contribution in [1.82, 2.24) is 10.2 Å². The van der Waals surface area contributed by atoms with E-state index >= 15 is 0 Å². The Morgan fingerprint density at radius 2 is 1.68 bits per heavy atom. The standard InChI is InChI=1S/C17H14FN3O2S2/c18-13-6-8-14(9-7-13)25(22,23)21-16-20-19-15(24-16)17(10-11-17)12-4-2-1-3-5-12/h1-9H,10-11H2,(H,20,21). The quantitative estimate of drug-likeness (QED) is 0.740. The van der Waals surface area contributed by atoms with E-state index < -0.39 is 15.8 Å². The summed E-state index contributed by atoms with van der Waals surface area (Å²) in [4.78, 5) is -0.0187. The fourth-order valence-electron chi connectivity index (χ4n) is 2.75. The fraction of sp³-hybridized carbons (Fsp3) is 0.176. The second-order valence-electron chi connectivity index (χ2n) is 5.92. The van der Waals surface area contributed by atoms with Crippen molar-refractivity contribution >= 4 is 26.5 Å². The molecular formula is C17H14FN3O2S2. The number of rotatable bonds is 5. The van der Waals surface area contributed by atoms with Crippen LogP contribution in [-0.4, -0.2) is 18.6 Å². The number of hydrogen-bond donors (Lipinski definition) is 1. The average Bonchev–Trinajstić information content (AvgIpc) is 3.30. The number of sulfonamides is 1. The first-order valence-electron chi connectivity index (χ1n) is 7.68. The number of aromatic nitrogens is 2. The minimum absolute atomic E-state index is 0.0187. The molecule has 3 aromatic rings. The van der Waals surface area contributed by atoms with Gasteiger partial charge in [0.2, 0.25) is 5.13 Å². The molecule has 0 aliphatic heterocycles. The van der Waals surface area contributed by atoms with E-state index in [-0.39, 0.29) is 15.4 Å². The highest BCUT2D eigenvalue weighted by Crippen LogP contribution is 2.54. The van der Waals surface area contributed by atoms with Crippen molar-refractivity contribution in [2.45, 2.75) is 23.2 Å². The molecule has 1 aromatic heterocycles. The number of nitrogens with zero attached hydrogens (tertiary/aromatic N) is 2. The van der Waals surface area contributed by atoms with E-state index in [1.807, 2.05) is 18.2 Å². The predicted molar refractivity (Wildman–Crippen MR) is 93.6 cm³/mol. The molecule has 1 aliphatic carbocycles. The van der Waals surface area contributed by atoms with Gasteiger partial charge in [0, 0.05) is 5.41 Å². The van der Waals surface area contributed by atoms with Gasteiger partial charge in [0.25, 0.3) is 10.0 Å². The normalized spacial score (nSPS) is 15.7. The lowest BCUT2D eigenvalue weighted by Gasteiger charge is -2.11. The van der Waals surface area contributed by atoms with E-state index in [2.05, 4.69) is 27.1 Å². The lowest BCUT2D eigenvalue weighted by Crippen LogP contribution is -2.12. The van der Waals surface area contributed by atoms with E-state index in [1.54, 1.807) is 0 Å². The highest BCUT2D eigenvalue weighted by molar-refractivity contribution is 7.93. The summed E-state index contributed by atoms with van der Waals surface area (Å²) in [6.45, 7) is 0. The second kappa shape index (κ2) is 5.89. The van der Waals surface area contributed by atoms with E-state index in [4.69, 9.17) is 0 Å². The Hall–Kier alpha value is -2.32. The van der Waals surface area contributed by atoms with E-state index in [9.17, 15) is 12.8 Å². The molecule has 4 rings (SSSR count). The molecule has 8 heteroatoms. The Morgan fingerprint density at radius 3 is 2.32 bits per heavy atom. The largest absolute Gasteiger partial charge is 0.263 e. The monoisotopic (exact) mass is 375 g/mol. The summed E-state index contributed by atoms with van der Waals surface area (Å²) < 4.78 is 40.1. The first-order valence-corrected chi connectivity index (χ1v) is 9.97. The highest BCUT2D eigenvalue weighted by atomic mass is 32.2. The summed E-state index contributed by atoms with van der Waals surface area (Å²) in [6.07, 6.45) is 1.94. The third-order valence-corrected chi connectivity index (χ3v) is 6.78. The van der Waals surface area contributed by atoms with Crippen LogP contribution in [0.5, 0.6) is 0 Å². The van der Waals surface area contributed by atoms with Gasteiger partial charge in [-0.25, -0.2) is 12.8 Å². The molecule has 0 spiro atoms. The van der Waals surface area contributed by atoms with Gasteiger partial charge in [-0.2, -0.15) is 0 Å². The first-order chi connectivity index (χ1) is 12.0. The topological polar surface area (TPSA) is 72.0 Å². The molecule has 1 saturated carbocycles. The summed E-state index contributed by atoms with van der Waals surface area (Å²) in [7, 11) is -3.82. The SMILES string of the molecule is O=S(=O)(Nc1nnc(C2(c3ccccc3)CC2)s1)c1ccc(F)cc1. The molecular weight excluding hydrogens is 361 g/mol. The van der Waals surface area contributed by atoms with Crippen LogP contribution >= 0.6 is 11.3 Å². The highest BCUT2D eigenvalue weighted by Gasteiger charge is 2.49.